The van der Waals surface area contributed by atoms with E-state index in [4.69, 9.17) is 14.2 Å². The van der Waals surface area contributed by atoms with Gasteiger partial charge in [-0.3, -0.25) is 4.79 Å². The van der Waals surface area contributed by atoms with Crippen molar-refractivity contribution in [3.05, 3.63) is 52.5 Å². The van der Waals surface area contributed by atoms with E-state index in [9.17, 15) is 4.79 Å². The Balaban J connectivity index is 1.95. The van der Waals surface area contributed by atoms with Crippen LogP contribution in [0.5, 0.6) is 17.2 Å². The number of nitrogens with one attached hydrogen (secondary N) is 1. The number of carbonyl (C=O) groups is 1. The molecule has 1 N–H and O–H groups in total. The first kappa shape index (κ1) is 18.8. The van der Waals surface area contributed by atoms with Crippen LogP contribution < -0.4 is 19.6 Å². The van der Waals surface area contributed by atoms with E-state index in [0.717, 1.165) is 10.0 Å². The maximum Gasteiger partial charge on any atom is 0.280 e. The lowest BCUT2D eigenvalue weighted by molar-refractivity contribution is -0.127. The van der Waals surface area contributed by atoms with Crippen LogP contribution in [-0.4, -0.2) is 32.4 Å². The molecular weight excluding hydrogens is 388 g/mol. The molecule has 132 valence electrons. The average molecular weight is 407 g/mol. The van der Waals surface area contributed by atoms with Crippen molar-refractivity contribution in [3.63, 3.8) is 0 Å². The third-order valence-electron chi connectivity index (χ3n) is 3.31. The first-order chi connectivity index (χ1) is 12.0. The largest absolute Gasteiger partial charge is 0.493 e. The van der Waals surface area contributed by atoms with Gasteiger partial charge in [0.1, 0.15) is 5.75 Å². The van der Waals surface area contributed by atoms with E-state index >= 15 is 0 Å². The Hall–Kier alpha value is -2.54. The first-order valence-corrected chi connectivity index (χ1v) is 8.30. The normalized spacial score (nSPS) is 11.8. The summed E-state index contributed by atoms with van der Waals surface area (Å²) in [6.07, 6.45) is 0.826. The molecule has 1 atom stereocenters. The SMILES string of the molecule is COc1ccc(/C=N/NC(=O)C(C)Oc2ccccc2Br)cc1OC. The zero-order valence-electron chi connectivity index (χ0n) is 14.2. The number of hydrogen-bond acceptors (Lipinski definition) is 5. The van der Waals surface area contributed by atoms with Gasteiger partial charge in [-0.1, -0.05) is 12.1 Å². The molecule has 7 heteroatoms. The Morgan fingerprint density at radius 1 is 1.12 bits per heavy atom. The lowest BCUT2D eigenvalue weighted by atomic mass is 10.2. The number of benzene rings is 2. The zero-order valence-corrected chi connectivity index (χ0v) is 15.7. The van der Waals surface area contributed by atoms with Crippen LogP contribution in [0.15, 0.2) is 52.0 Å². The van der Waals surface area contributed by atoms with Gasteiger partial charge in [0, 0.05) is 0 Å². The molecule has 1 unspecified atom stereocenters. The summed E-state index contributed by atoms with van der Waals surface area (Å²) in [4.78, 5) is 12.1. The van der Waals surface area contributed by atoms with Crippen LogP contribution in [0.3, 0.4) is 0 Å². The smallest absolute Gasteiger partial charge is 0.280 e. The molecule has 6 nitrogen and oxygen atoms in total. The maximum absolute atomic E-state index is 12.1. The molecular formula is C18H19BrN2O4. The van der Waals surface area contributed by atoms with E-state index < -0.39 is 6.10 Å². The summed E-state index contributed by atoms with van der Waals surface area (Å²) < 4.78 is 16.8. The highest BCUT2D eigenvalue weighted by Gasteiger charge is 2.15. The minimum absolute atomic E-state index is 0.354. The van der Waals surface area contributed by atoms with E-state index in [2.05, 4.69) is 26.5 Å². The average Bonchev–Trinajstić information content (AvgIpc) is 2.63. The second-order valence-electron chi connectivity index (χ2n) is 5.04. The lowest BCUT2D eigenvalue weighted by Crippen LogP contribution is -2.33. The minimum Gasteiger partial charge on any atom is -0.493 e. The van der Waals surface area contributed by atoms with Crippen LogP contribution in [0.25, 0.3) is 0 Å². The topological polar surface area (TPSA) is 69.2 Å². The predicted octanol–water partition coefficient (Wildman–Crippen LogP) is 3.38. The third kappa shape index (κ3) is 5.22. The fraction of sp³-hybridized carbons (Fsp3) is 0.222. The van der Waals surface area contributed by atoms with E-state index in [1.54, 1.807) is 45.4 Å². The number of para-hydroxylation sites is 1. The highest BCUT2D eigenvalue weighted by Crippen LogP contribution is 2.27. The van der Waals surface area contributed by atoms with Crippen LogP contribution in [-0.2, 0) is 4.79 Å². The van der Waals surface area contributed by atoms with Crippen molar-refractivity contribution in [1.82, 2.24) is 5.43 Å². The highest BCUT2D eigenvalue weighted by molar-refractivity contribution is 9.10. The fourth-order valence-corrected chi connectivity index (χ4v) is 2.36. The van der Waals surface area contributed by atoms with Crippen LogP contribution in [0.4, 0.5) is 0 Å². The standard InChI is InChI=1S/C18H19BrN2O4/c1-12(25-15-7-5-4-6-14(15)19)18(22)21-20-11-13-8-9-16(23-2)17(10-13)24-3/h4-12H,1-3H3,(H,21,22)/b20-11+. The summed E-state index contributed by atoms with van der Waals surface area (Å²) in [7, 11) is 3.12. The van der Waals surface area contributed by atoms with Gasteiger partial charge in [0.15, 0.2) is 17.6 Å². The van der Waals surface area contributed by atoms with Crippen molar-refractivity contribution in [2.75, 3.05) is 14.2 Å². The Morgan fingerprint density at radius 2 is 1.84 bits per heavy atom. The Kier molecular flexibility index (Phi) is 6.82. The number of halogens is 1. The number of carbonyl (C=O) groups excluding carboxylic acids is 1. The predicted molar refractivity (Wildman–Crippen MR) is 99.5 cm³/mol. The first-order valence-electron chi connectivity index (χ1n) is 7.51. The number of ether oxygens (including phenoxy) is 3. The van der Waals surface area contributed by atoms with E-state index in [1.165, 1.54) is 6.21 Å². The molecule has 0 saturated heterocycles. The van der Waals surface area contributed by atoms with Crippen molar-refractivity contribution in [3.8, 4) is 17.2 Å². The van der Waals surface area contributed by atoms with Crippen molar-refractivity contribution in [1.29, 1.82) is 0 Å². The third-order valence-corrected chi connectivity index (χ3v) is 3.96. The van der Waals surface area contributed by atoms with Gasteiger partial charge in [-0.2, -0.15) is 5.10 Å². The summed E-state index contributed by atoms with van der Waals surface area (Å²) in [5.41, 5.74) is 3.22. The van der Waals surface area contributed by atoms with E-state index in [-0.39, 0.29) is 5.91 Å². The molecule has 0 aliphatic carbocycles. The second-order valence-corrected chi connectivity index (χ2v) is 5.89. The van der Waals surface area contributed by atoms with Crippen LogP contribution >= 0.6 is 15.9 Å². The van der Waals surface area contributed by atoms with Gasteiger partial charge in [-0.05, 0) is 58.7 Å². The molecule has 0 radical (unpaired) electrons. The van der Waals surface area contributed by atoms with Gasteiger partial charge >= 0.3 is 0 Å². The molecule has 0 aliphatic rings. The van der Waals surface area contributed by atoms with Crippen LogP contribution in [0.1, 0.15) is 12.5 Å². The van der Waals surface area contributed by atoms with E-state index in [1.807, 2.05) is 18.2 Å². The van der Waals surface area contributed by atoms with Gasteiger partial charge in [-0.15, -0.1) is 0 Å². The molecule has 0 aliphatic heterocycles. The van der Waals surface area contributed by atoms with Gasteiger partial charge < -0.3 is 14.2 Å². The minimum atomic E-state index is -0.693. The van der Waals surface area contributed by atoms with Crippen LogP contribution in [0.2, 0.25) is 0 Å². The van der Waals surface area contributed by atoms with Crippen molar-refractivity contribution >= 4 is 28.1 Å². The molecule has 0 bridgehead atoms. The molecule has 2 aromatic rings. The van der Waals surface area contributed by atoms with E-state index in [0.29, 0.717) is 17.2 Å². The van der Waals surface area contributed by atoms with Crippen molar-refractivity contribution < 1.29 is 19.0 Å². The number of amides is 1. The molecule has 25 heavy (non-hydrogen) atoms. The van der Waals surface area contributed by atoms with Gasteiger partial charge in [0.05, 0.1) is 24.9 Å². The number of nitrogens with zero attached hydrogens (tertiary/aromatic N) is 1. The summed E-state index contributed by atoms with van der Waals surface area (Å²) in [5.74, 6) is 1.45. The Labute approximate surface area is 154 Å². The van der Waals surface area contributed by atoms with Crippen LogP contribution in [0, 0.1) is 0 Å². The fourth-order valence-electron chi connectivity index (χ4n) is 1.98. The molecule has 0 fully saturated rings. The maximum atomic E-state index is 12.1. The van der Waals surface area contributed by atoms with Crippen molar-refractivity contribution in [2.45, 2.75) is 13.0 Å². The lowest BCUT2D eigenvalue weighted by Gasteiger charge is -2.14. The molecule has 0 spiro atoms. The monoisotopic (exact) mass is 406 g/mol. The van der Waals surface area contributed by atoms with Gasteiger partial charge in [0.2, 0.25) is 0 Å². The summed E-state index contributed by atoms with van der Waals surface area (Å²) in [5, 5.41) is 3.94. The molecule has 1 amide bonds. The second kappa shape index (κ2) is 9.08. The quantitative estimate of drug-likeness (QED) is 0.565. The van der Waals surface area contributed by atoms with Crippen molar-refractivity contribution in [2.24, 2.45) is 5.10 Å². The number of hydrogen-bond donors (Lipinski definition) is 1. The number of rotatable bonds is 7. The molecule has 0 aromatic heterocycles. The van der Waals surface area contributed by atoms with Gasteiger partial charge in [-0.25, -0.2) is 5.43 Å². The highest BCUT2D eigenvalue weighted by atomic mass is 79.9. The molecule has 2 rings (SSSR count). The molecule has 0 saturated carbocycles. The molecule has 0 heterocycles. The number of hydrazone groups is 1. The zero-order chi connectivity index (χ0) is 18.2. The Morgan fingerprint density at radius 3 is 2.52 bits per heavy atom. The summed E-state index contributed by atoms with van der Waals surface area (Å²) >= 11 is 3.37. The van der Waals surface area contributed by atoms with Gasteiger partial charge in [0.25, 0.3) is 5.91 Å². The summed E-state index contributed by atoms with van der Waals surface area (Å²) in [6, 6.07) is 12.7. The number of methoxy groups -OCH3 is 2. The molecule has 2 aromatic carbocycles. The Bertz CT molecular complexity index is 764. The summed E-state index contributed by atoms with van der Waals surface area (Å²) in [6.45, 7) is 1.65.